The molecular formula is C23H17ClN2O4. The van der Waals surface area contributed by atoms with Crippen LogP contribution < -0.4 is 15.4 Å². The third kappa shape index (κ3) is 3.99. The highest BCUT2D eigenvalue weighted by Crippen LogP contribution is 2.29. The summed E-state index contributed by atoms with van der Waals surface area (Å²) in [5.41, 5.74) is 1.94. The molecule has 0 unspecified atom stereocenters. The third-order valence-corrected chi connectivity index (χ3v) is 4.80. The van der Waals surface area contributed by atoms with Gasteiger partial charge >= 0.3 is 0 Å². The molecule has 2 amide bonds. The molecule has 7 heteroatoms. The first-order valence-corrected chi connectivity index (χ1v) is 9.47. The Labute approximate surface area is 177 Å². The van der Waals surface area contributed by atoms with Crippen LogP contribution in [0.3, 0.4) is 0 Å². The fraction of sp³-hybridized carbons (Fsp3) is 0.0435. The molecule has 0 fully saturated rings. The molecule has 0 spiro atoms. The van der Waals surface area contributed by atoms with Gasteiger partial charge in [-0.05, 0) is 36.4 Å². The Hall–Kier alpha value is -3.77. The first-order chi connectivity index (χ1) is 14.5. The van der Waals surface area contributed by atoms with Gasteiger partial charge in [-0.15, -0.1) is 0 Å². The smallest absolute Gasteiger partial charge is 0.291 e. The molecule has 4 rings (SSSR count). The summed E-state index contributed by atoms with van der Waals surface area (Å²) in [5, 5.41) is 6.74. The Morgan fingerprint density at radius 1 is 0.900 bits per heavy atom. The van der Waals surface area contributed by atoms with Gasteiger partial charge in [-0.3, -0.25) is 9.59 Å². The van der Waals surface area contributed by atoms with Crippen LogP contribution in [0.15, 0.2) is 77.2 Å². The number of fused-ring (bicyclic) bond motifs is 1. The van der Waals surface area contributed by atoms with E-state index in [0.29, 0.717) is 33.3 Å². The minimum Gasteiger partial charge on any atom is -0.494 e. The summed E-state index contributed by atoms with van der Waals surface area (Å²) in [4.78, 5) is 25.0. The number of amides is 2. The third-order valence-electron chi connectivity index (χ3n) is 4.48. The van der Waals surface area contributed by atoms with E-state index in [9.17, 15) is 9.59 Å². The van der Waals surface area contributed by atoms with E-state index in [4.69, 9.17) is 20.8 Å². The molecule has 1 aromatic heterocycles. The average molecular weight is 421 g/mol. The highest BCUT2D eigenvalue weighted by Gasteiger charge is 2.16. The molecule has 0 saturated heterocycles. The van der Waals surface area contributed by atoms with Gasteiger partial charge < -0.3 is 19.8 Å². The number of carbonyl (C=O) groups is 2. The molecule has 150 valence electrons. The van der Waals surface area contributed by atoms with Gasteiger partial charge in [0, 0.05) is 17.1 Å². The van der Waals surface area contributed by atoms with Crippen molar-refractivity contribution in [3.8, 4) is 5.75 Å². The van der Waals surface area contributed by atoms with E-state index in [1.165, 1.54) is 7.11 Å². The molecule has 0 radical (unpaired) electrons. The number of hydrogen-bond acceptors (Lipinski definition) is 4. The van der Waals surface area contributed by atoms with Gasteiger partial charge in [-0.1, -0.05) is 41.9 Å². The summed E-state index contributed by atoms with van der Waals surface area (Å²) < 4.78 is 11.0. The average Bonchev–Trinajstić information content (AvgIpc) is 3.19. The second kappa shape index (κ2) is 8.31. The Balaban J connectivity index is 1.52. The predicted octanol–water partition coefficient (Wildman–Crippen LogP) is 5.60. The molecule has 3 aromatic carbocycles. The number of ether oxygens (including phenoxy) is 1. The normalized spacial score (nSPS) is 10.6. The number of furan rings is 1. The highest BCUT2D eigenvalue weighted by atomic mass is 35.5. The van der Waals surface area contributed by atoms with Crippen LogP contribution in [0.4, 0.5) is 11.4 Å². The fourth-order valence-electron chi connectivity index (χ4n) is 2.99. The quantitative estimate of drug-likeness (QED) is 0.440. The van der Waals surface area contributed by atoms with Crippen molar-refractivity contribution >= 4 is 45.8 Å². The number of halogens is 1. The Bertz CT molecular complexity index is 1220. The van der Waals surface area contributed by atoms with Gasteiger partial charge in [0.05, 0.1) is 23.4 Å². The summed E-state index contributed by atoms with van der Waals surface area (Å²) in [5.74, 6) is -0.176. The fourth-order valence-corrected chi connectivity index (χ4v) is 3.22. The van der Waals surface area contributed by atoms with E-state index < -0.39 is 5.91 Å². The zero-order valence-electron chi connectivity index (χ0n) is 15.9. The monoisotopic (exact) mass is 420 g/mol. The second-order valence-electron chi connectivity index (χ2n) is 6.45. The summed E-state index contributed by atoms with van der Waals surface area (Å²) in [6.07, 6.45) is 0. The maximum absolute atomic E-state index is 12.6. The van der Waals surface area contributed by atoms with Gasteiger partial charge in [0.2, 0.25) is 0 Å². The lowest BCUT2D eigenvalue weighted by Crippen LogP contribution is -2.14. The zero-order valence-corrected chi connectivity index (χ0v) is 16.7. The molecule has 6 nitrogen and oxygen atoms in total. The van der Waals surface area contributed by atoms with E-state index >= 15 is 0 Å². The van der Waals surface area contributed by atoms with Crippen LogP contribution in [0.2, 0.25) is 5.02 Å². The molecule has 0 aliphatic carbocycles. The maximum Gasteiger partial charge on any atom is 0.291 e. The van der Waals surface area contributed by atoms with Crippen molar-refractivity contribution in [2.24, 2.45) is 0 Å². The van der Waals surface area contributed by atoms with Crippen LogP contribution in [0.5, 0.6) is 5.75 Å². The molecule has 0 aliphatic rings. The van der Waals surface area contributed by atoms with Gasteiger partial charge in [0.25, 0.3) is 11.8 Å². The van der Waals surface area contributed by atoms with E-state index in [0.717, 1.165) is 5.39 Å². The van der Waals surface area contributed by atoms with Crippen molar-refractivity contribution in [2.75, 3.05) is 17.7 Å². The van der Waals surface area contributed by atoms with Crippen LogP contribution in [-0.2, 0) is 0 Å². The van der Waals surface area contributed by atoms with Crippen molar-refractivity contribution in [2.45, 2.75) is 0 Å². The molecule has 0 atom stereocenters. The van der Waals surface area contributed by atoms with Gasteiger partial charge in [0.1, 0.15) is 11.3 Å². The topological polar surface area (TPSA) is 80.6 Å². The Kier molecular flexibility index (Phi) is 5.41. The van der Waals surface area contributed by atoms with E-state index in [-0.39, 0.29) is 11.7 Å². The summed E-state index contributed by atoms with van der Waals surface area (Å²) >= 11 is 6.07. The van der Waals surface area contributed by atoms with Crippen molar-refractivity contribution < 1.29 is 18.7 Å². The van der Waals surface area contributed by atoms with E-state index in [1.807, 2.05) is 18.2 Å². The molecule has 2 N–H and O–H groups in total. The van der Waals surface area contributed by atoms with Crippen molar-refractivity contribution in [3.63, 3.8) is 0 Å². The van der Waals surface area contributed by atoms with Gasteiger partial charge in [-0.2, -0.15) is 0 Å². The highest BCUT2D eigenvalue weighted by molar-refractivity contribution is 6.34. The minimum atomic E-state index is -0.405. The van der Waals surface area contributed by atoms with Gasteiger partial charge in [-0.25, -0.2) is 0 Å². The first kappa shape index (κ1) is 19.5. The number of rotatable bonds is 5. The number of benzene rings is 3. The lowest BCUT2D eigenvalue weighted by molar-refractivity contribution is 0.0996. The number of carbonyl (C=O) groups excluding carboxylic acids is 2. The minimum absolute atomic E-state index is 0.189. The molecule has 0 saturated carbocycles. The van der Waals surface area contributed by atoms with Crippen molar-refractivity contribution in [1.29, 1.82) is 0 Å². The Morgan fingerprint density at radius 3 is 2.43 bits per heavy atom. The summed E-state index contributed by atoms with van der Waals surface area (Å²) in [6.45, 7) is 0. The zero-order chi connectivity index (χ0) is 21.1. The Morgan fingerprint density at radius 2 is 1.67 bits per heavy atom. The number of methoxy groups -OCH3 is 1. The number of para-hydroxylation sites is 1. The van der Waals surface area contributed by atoms with E-state index in [2.05, 4.69) is 10.6 Å². The van der Waals surface area contributed by atoms with Crippen LogP contribution in [0.25, 0.3) is 11.0 Å². The second-order valence-corrected chi connectivity index (χ2v) is 6.86. The van der Waals surface area contributed by atoms with Crippen LogP contribution in [-0.4, -0.2) is 18.9 Å². The molecule has 30 heavy (non-hydrogen) atoms. The SMILES string of the molecule is COc1cc(NC(=O)c2ccccc2Cl)ccc1NC(=O)c1cc2ccccc2o1. The molecule has 4 aromatic rings. The number of hydrogen-bond donors (Lipinski definition) is 2. The number of anilines is 2. The van der Waals surface area contributed by atoms with Crippen LogP contribution in [0.1, 0.15) is 20.9 Å². The summed E-state index contributed by atoms with van der Waals surface area (Å²) in [7, 11) is 1.48. The lowest BCUT2D eigenvalue weighted by Gasteiger charge is -2.12. The predicted molar refractivity (Wildman–Crippen MR) is 117 cm³/mol. The van der Waals surface area contributed by atoms with E-state index in [1.54, 1.807) is 54.6 Å². The first-order valence-electron chi connectivity index (χ1n) is 9.09. The van der Waals surface area contributed by atoms with Crippen LogP contribution >= 0.6 is 11.6 Å². The van der Waals surface area contributed by atoms with Crippen molar-refractivity contribution in [3.05, 3.63) is 89.1 Å². The van der Waals surface area contributed by atoms with Crippen LogP contribution in [0, 0.1) is 0 Å². The van der Waals surface area contributed by atoms with Gasteiger partial charge in [0.15, 0.2) is 5.76 Å². The molecule has 1 heterocycles. The lowest BCUT2D eigenvalue weighted by atomic mass is 10.2. The standard InChI is InChI=1S/C23H17ClN2O4/c1-29-20-13-15(25-22(27)16-7-3-4-8-17(16)24)10-11-18(20)26-23(28)21-12-14-6-2-5-9-19(14)30-21/h2-13H,1H3,(H,25,27)(H,26,28). The maximum atomic E-state index is 12.6. The largest absolute Gasteiger partial charge is 0.494 e. The molecular weight excluding hydrogens is 404 g/mol. The van der Waals surface area contributed by atoms with Crippen molar-refractivity contribution in [1.82, 2.24) is 0 Å². The summed E-state index contributed by atoms with van der Waals surface area (Å²) in [6, 6.07) is 20.7. The molecule has 0 aliphatic heterocycles. The number of nitrogens with one attached hydrogen (secondary N) is 2. The molecule has 0 bridgehead atoms.